The van der Waals surface area contributed by atoms with Gasteiger partial charge >= 0.3 is 0 Å². The fourth-order valence-corrected chi connectivity index (χ4v) is 2.97. The SMILES string of the molecule is CSc1nc2c(s1)CCC2. The zero-order valence-corrected chi connectivity index (χ0v) is 7.52. The second-order valence-corrected chi connectivity index (χ2v) is 4.54. The maximum absolute atomic E-state index is 4.49. The second kappa shape index (κ2) is 2.55. The lowest BCUT2D eigenvalue weighted by molar-refractivity contribution is 0.891. The number of nitrogens with zero attached hydrogens (tertiary/aromatic N) is 1. The van der Waals surface area contributed by atoms with E-state index in [0.29, 0.717) is 0 Å². The Bertz CT molecular complexity index is 220. The molecule has 0 aromatic carbocycles. The van der Waals surface area contributed by atoms with Crippen molar-refractivity contribution in [2.24, 2.45) is 0 Å². The van der Waals surface area contributed by atoms with Gasteiger partial charge in [-0.1, -0.05) is 11.8 Å². The van der Waals surface area contributed by atoms with Gasteiger partial charge in [-0.3, -0.25) is 0 Å². The van der Waals surface area contributed by atoms with Crippen molar-refractivity contribution in [3.8, 4) is 0 Å². The largest absolute Gasteiger partial charge is 0.234 e. The molecule has 3 heteroatoms. The van der Waals surface area contributed by atoms with E-state index in [-0.39, 0.29) is 0 Å². The van der Waals surface area contributed by atoms with Crippen LogP contribution in [0.5, 0.6) is 0 Å². The number of hydrogen-bond acceptors (Lipinski definition) is 3. The van der Waals surface area contributed by atoms with Gasteiger partial charge in [0.15, 0.2) is 0 Å². The van der Waals surface area contributed by atoms with Crippen LogP contribution in [-0.4, -0.2) is 11.2 Å². The van der Waals surface area contributed by atoms with Gasteiger partial charge in [-0.15, -0.1) is 11.3 Å². The lowest BCUT2D eigenvalue weighted by atomic mass is 10.4. The van der Waals surface area contributed by atoms with Gasteiger partial charge in [-0.2, -0.15) is 0 Å². The van der Waals surface area contributed by atoms with E-state index < -0.39 is 0 Å². The zero-order valence-electron chi connectivity index (χ0n) is 5.89. The van der Waals surface area contributed by atoms with E-state index in [1.54, 1.807) is 11.8 Å². The first-order valence-electron chi connectivity index (χ1n) is 3.42. The summed E-state index contributed by atoms with van der Waals surface area (Å²) in [6.45, 7) is 0. The molecule has 2 rings (SSSR count). The van der Waals surface area contributed by atoms with E-state index in [1.165, 1.54) is 34.2 Å². The van der Waals surface area contributed by atoms with E-state index in [1.807, 2.05) is 11.3 Å². The van der Waals surface area contributed by atoms with Crippen molar-refractivity contribution in [3.63, 3.8) is 0 Å². The highest BCUT2D eigenvalue weighted by molar-refractivity contribution is 8.00. The minimum Gasteiger partial charge on any atom is -0.234 e. The topological polar surface area (TPSA) is 12.9 Å². The lowest BCUT2D eigenvalue weighted by Crippen LogP contribution is -1.76. The molecule has 1 nitrogen and oxygen atoms in total. The number of hydrogen-bond donors (Lipinski definition) is 0. The maximum atomic E-state index is 4.49. The molecular formula is C7H9NS2. The average molecular weight is 171 g/mol. The van der Waals surface area contributed by atoms with Crippen LogP contribution in [-0.2, 0) is 12.8 Å². The Morgan fingerprint density at radius 3 is 3.10 bits per heavy atom. The summed E-state index contributed by atoms with van der Waals surface area (Å²) in [5.41, 5.74) is 1.37. The van der Waals surface area contributed by atoms with Crippen LogP contribution in [0.1, 0.15) is 17.0 Å². The molecule has 1 aliphatic carbocycles. The minimum atomic E-state index is 1.21. The molecule has 0 fully saturated rings. The summed E-state index contributed by atoms with van der Waals surface area (Å²) in [7, 11) is 0. The molecule has 0 amide bonds. The Kier molecular flexibility index (Phi) is 1.70. The van der Waals surface area contributed by atoms with E-state index in [4.69, 9.17) is 0 Å². The third-order valence-corrected chi connectivity index (χ3v) is 3.89. The molecule has 0 saturated heterocycles. The third kappa shape index (κ3) is 0.974. The summed E-state index contributed by atoms with van der Waals surface area (Å²) in [4.78, 5) is 6.02. The van der Waals surface area contributed by atoms with Crippen molar-refractivity contribution in [1.82, 2.24) is 4.98 Å². The Morgan fingerprint density at radius 2 is 2.40 bits per heavy atom. The molecule has 0 aliphatic heterocycles. The Hall–Kier alpha value is -0.0200. The lowest BCUT2D eigenvalue weighted by Gasteiger charge is -1.84. The van der Waals surface area contributed by atoms with Crippen molar-refractivity contribution >= 4 is 23.1 Å². The first-order chi connectivity index (χ1) is 4.90. The van der Waals surface area contributed by atoms with Crippen LogP contribution in [0.15, 0.2) is 4.34 Å². The highest BCUT2D eigenvalue weighted by Gasteiger charge is 2.15. The number of rotatable bonds is 1. The molecule has 0 atom stereocenters. The van der Waals surface area contributed by atoms with Gasteiger partial charge in [0.25, 0.3) is 0 Å². The normalized spacial score (nSPS) is 15.7. The Balaban J connectivity index is 2.37. The number of thiazole rings is 1. The number of fused-ring (bicyclic) bond motifs is 1. The first kappa shape index (κ1) is 6.68. The highest BCUT2D eigenvalue weighted by Crippen LogP contribution is 2.31. The molecule has 1 heterocycles. The predicted octanol–water partition coefficient (Wildman–Crippen LogP) is 2.35. The van der Waals surface area contributed by atoms with Crippen LogP contribution in [0.25, 0.3) is 0 Å². The Morgan fingerprint density at radius 1 is 1.50 bits per heavy atom. The van der Waals surface area contributed by atoms with Crippen LogP contribution >= 0.6 is 23.1 Å². The molecule has 0 bridgehead atoms. The molecule has 0 unspecified atom stereocenters. The molecule has 10 heavy (non-hydrogen) atoms. The summed E-state index contributed by atoms with van der Waals surface area (Å²) in [6, 6.07) is 0. The van der Waals surface area contributed by atoms with E-state index in [2.05, 4.69) is 11.2 Å². The summed E-state index contributed by atoms with van der Waals surface area (Å²) < 4.78 is 1.24. The van der Waals surface area contributed by atoms with Gasteiger partial charge in [-0.25, -0.2) is 4.98 Å². The fourth-order valence-electron chi connectivity index (χ4n) is 1.25. The van der Waals surface area contributed by atoms with Crippen molar-refractivity contribution in [2.45, 2.75) is 23.6 Å². The third-order valence-electron chi connectivity index (χ3n) is 1.75. The number of aryl methyl sites for hydroxylation is 2. The van der Waals surface area contributed by atoms with Crippen molar-refractivity contribution in [2.75, 3.05) is 6.26 Å². The van der Waals surface area contributed by atoms with Crippen molar-refractivity contribution in [3.05, 3.63) is 10.6 Å². The van der Waals surface area contributed by atoms with Crippen molar-refractivity contribution in [1.29, 1.82) is 0 Å². The first-order valence-corrected chi connectivity index (χ1v) is 5.47. The monoisotopic (exact) mass is 171 g/mol. The molecule has 0 spiro atoms. The molecule has 0 saturated carbocycles. The second-order valence-electron chi connectivity index (χ2n) is 2.41. The van der Waals surface area contributed by atoms with Gasteiger partial charge in [0.2, 0.25) is 0 Å². The van der Waals surface area contributed by atoms with E-state index >= 15 is 0 Å². The smallest absolute Gasteiger partial charge is 0.150 e. The summed E-state index contributed by atoms with van der Waals surface area (Å²) in [5.74, 6) is 0. The van der Waals surface area contributed by atoms with Crippen LogP contribution in [0, 0.1) is 0 Å². The number of aromatic nitrogens is 1. The molecule has 1 aromatic heterocycles. The van der Waals surface area contributed by atoms with Gasteiger partial charge < -0.3 is 0 Å². The van der Waals surface area contributed by atoms with Gasteiger partial charge in [-0.05, 0) is 25.5 Å². The van der Waals surface area contributed by atoms with Crippen LogP contribution < -0.4 is 0 Å². The van der Waals surface area contributed by atoms with E-state index in [9.17, 15) is 0 Å². The highest BCUT2D eigenvalue weighted by atomic mass is 32.2. The quantitative estimate of drug-likeness (QED) is 0.602. The molecule has 0 radical (unpaired) electrons. The summed E-state index contributed by atoms with van der Waals surface area (Å²) in [6.07, 6.45) is 5.90. The molecule has 1 aliphatic rings. The van der Waals surface area contributed by atoms with Gasteiger partial charge in [0.1, 0.15) is 4.34 Å². The van der Waals surface area contributed by atoms with Crippen LogP contribution in [0.2, 0.25) is 0 Å². The molecular weight excluding hydrogens is 162 g/mol. The van der Waals surface area contributed by atoms with Crippen LogP contribution in [0.3, 0.4) is 0 Å². The average Bonchev–Trinajstić information content (AvgIpc) is 2.42. The standard InChI is InChI=1S/C7H9NS2/c1-9-7-8-5-3-2-4-6(5)10-7/h2-4H2,1H3. The summed E-state index contributed by atoms with van der Waals surface area (Å²) in [5, 5.41) is 0. The molecule has 1 aromatic rings. The van der Waals surface area contributed by atoms with Gasteiger partial charge in [0.05, 0.1) is 5.69 Å². The van der Waals surface area contributed by atoms with E-state index in [0.717, 1.165) is 0 Å². The minimum absolute atomic E-state index is 1.21. The Labute approximate surface area is 68.9 Å². The maximum Gasteiger partial charge on any atom is 0.150 e. The fraction of sp³-hybridized carbons (Fsp3) is 0.571. The van der Waals surface area contributed by atoms with Gasteiger partial charge in [0, 0.05) is 4.88 Å². The molecule has 0 N–H and O–H groups in total. The summed E-state index contributed by atoms with van der Waals surface area (Å²) >= 11 is 3.63. The van der Waals surface area contributed by atoms with Crippen molar-refractivity contribution < 1.29 is 0 Å². The van der Waals surface area contributed by atoms with Crippen LogP contribution in [0.4, 0.5) is 0 Å². The number of thioether (sulfide) groups is 1. The predicted molar refractivity (Wildman–Crippen MR) is 45.9 cm³/mol. The molecule has 54 valence electrons. The zero-order chi connectivity index (χ0) is 6.97.